The lowest BCUT2D eigenvalue weighted by molar-refractivity contribution is -0.0746. The van der Waals surface area contributed by atoms with E-state index in [4.69, 9.17) is 5.21 Å². The fourth-order valence-electron chi connectivity index (χ4n) is 3.94. The average molecular weight is 240 g/mol. The van der Waals surface area contributed by atoms with E-state index in [-0.39, 0.29) is 11.8 Å². The van der Waals surface area contributed by atoms with Gasteiger partial charge in [-0.1, -0.05) is 12.2 Å². The molecule has 1 saturated carbocycles. The van der Waals surface area contributed by atoms with Crippen molar-refractivity contribution in [2.24, 2.45) is 23.7 Å². The van der Waals surface area contributed by atoms with Crippen molar-refractivity contribution < 1.29 is 15.4 Å². The summed E-state index contributed by atoms with van der Waals surface area (Å²) in [6.07, 6.45) is 5.13. The Morgan fingerprint density at radius 1 is 1.12 bits per heavy atom. The number of allylic oxidation sites excluding steroid dienone is 2. The smallest absolute Gasteiger partial charge is 0.113 e. The van der Waals surface area contributed by atoms with Gasteiger partial charge >= 0.3 is 0 Å². The number of nitrogens with zero attached hydrogens (tertiary/aromatic N) is 1. The molecule has 6 unspecified atom stereocenters. The highest BCUT2D eigenvalue weighted by Crippen LogP contribution is 2.55. The van der Waals surface area contributed by atoms with E-state index >= 15 is 0 Å². The third-order valence-corrected chi connectivity index (χ3v) is 4.66. The van der Waals surface area contributed by atoms with Crippen molar-refractivity contribution in [1.82, 2.24) is 10.4 Å². The molecular formula is C12H20N2O3. The highest BCUT2D eigenvalue weighted by molar-refractivity contribution is 5.18. The molecule has 17 heavy (non-hydrogen) atoms. The van der Waals surface area contributed by atoms with Crippen molar-refractivity contribution in [3.8, 4) is 0 Å². The zero-order valence-corrected chi connectivity index (χ0v) is 9.74. The number of nitrogens with one attached hydrogen (secondary N) is 1. The van der Waals surface area contributed by atoms with Gasteiger partial charge in [0.15, 0.2) is 0 Å². The molecule has 1 heterocycles. The molecule has 0 amide bonds. The molecule has 2 fully saturated rings. The second-order valence-corrected chi connectivity index (χ2v) is 5.43. The van der Waals surface area contributed by atoms with Crippen LogP contribution < -0.4 is 5.48 Å². The van der Waals surface area contributed by atoms with E-state index in [0.29, 0.717) is 31.3 Å². The summed E-state index contributed by atoms with van der Waals surface area (Å²) in [6, 6.07) is 0. The monoisotopic (exact) mass is 240 g/mol. The molecule has 0 aromatic rings. The van der Waals surface area contributed by atoms with Crippen molar-refractivity contribution in [1.29, 1.82) is 0 Å². The number of hydrogen-bond acceptors (Lipinski definition) is 5. The Kier molecular flexibility index (Phi) is 2.96. The Bertz CT molecular complexity index is 299. The number of hydroxylamine groups is 1. The van der Waals surface area contributed by atoms with Crippen LogP contribution in [0.25, 0.3) is 0 Å². The Balaban J connectivity index is 1.69. The van der Waals surface area contributed by atoms with Gasteiger partial charge in [0.1, 0.15) is 12.5 Å². The van der Waals surface area contributed by atoms with Gasteiger partial charge in [0, 0.05) is 24.9 Å². The van der Waals surface area contributed by atoms with Gasteiger partial charge in [-0.15, -0.1) is 0 Å². The number of likely N-dealkylation sites (tertiary alicyclic amines) is 1. The Morgan fingerprint density at radius 3 is 2.24 bits per heavy atom. The van der Waals surface area contributed by atoms with Crippen LogP contribution in [0.2, 0.25) is 0 Å². The summed E-state index contributed by atoms with van der Waals surface area (Å²) in [6.45, 7) is 1.10. The number of rotatable bonds is 4. The van der Waals surface area contributed by atoms with Crippen molar-refractivity contribution in [2.75, 3.05) is 13.1 Å². The van der Waals surface area contributed by atoms with Gasteiger partial charge in [-0.2, -0.15) is 0 Å². The van der Waals surface area contributed by atoms with Crippen LogP contribution in [-0.4, -0.2) is 45.9 Å². The van der Waals surface area contributed by atoms with Crippen LogP contribution in [0.3, 0.4) is 0 Å². The first-order valence-electron chi connectivity index (χ1n) is 6.41. The summed E-state index contributed by atoms with van der Waals surface area (Å²) < 4.78 is 0. The largest absolute Gasteiger partial charge is 0.378 e. The Morgan fingerprint density at radius 2 is 1.71 bits per heavy atom. The van der Waals surface area contributed by atoms with Crippen LogP contribution in [0.5, 0.6) is 0 Å². The first kappa shape index (κ1) is 11.6. The average Bonchev–Trinajstić information content (AvgIpc) is 2.97. The van der Waals surface area contributed by atoms with Crippen LogP contribution in [0, 0.1) is 23.7 Å². The van der Waals surface area contributed by atoms with E-state index < -0.39 is 12.5 Å². The maximum Gasteiger partial charge on any atom is 0.113 e. The second kappa shape index (κ2) is 4.33. The molecule has 3 aliphatic rings. The number of hydrogen-bond donors (Lipinski definition) is 4. The molecule has 96 valence electrons. The maximum absolute atomic E-state index is 10.3. The third kappa shape index (κ3) is 1.65. The van der Waals surface area contributed by atoms with Crippen molar-refractivity contribution >= 4 is 0 Å². The zero-order valence-electron chi connectivity index (χ0n) is 9.74. The van der Waals surface area contributed by atoms with E-state index in [1.807, 2.05) is 0 Å². The molecule has 2 aliphatic carbocycles. The summed E-state index contributed by atoms with van der Waals surface area (Å²) in [7, 11) is 0. The van der Waals surface area contributed by atoms with Crippen LogP contribution >= 0.6 is 0 Å². The van der Waals surface area contributed by atoms with Gasteiger partial charge in [0.25, 0.3) is 0 Å². The molecule has 3 rings (SSSR count). The lowest BCUT2D eigenvalue weighted by Gasteiger charge is -2.27. The minimum atomic E-state index is -0.534. The second-order valence-electron chi connectivity index (χ2n) is 5.43. The van der Waals surface area contributed by atoms with Gasteiger partial charge in [0.2, 0.25) is 0 Å². The topological polar surface area (TPSA) is 76.0 Å². The zero-order chi connectivity index (χ0) is 12.0. The van der Waals surface area contributed by atoms with Crippen LogP contribution in [0.1, 0.15) is 12.8 Å². The van der Waals surface area contributed by atoms with Crippen LogP contribution in [0.15, 0.2) is 12.2 Å². The first-order chi connectivity index (χ1) is 8.24. The summed E-state index contributed by atoms with van der Waals surface area (Å²) in [5, 5.41) is 29.1. The molecule has 2 bridgehead atoms. The molecule has 5 nitrogen and oxygen atoms in total. The summed E-state index contributed by atoms with van der Waals surface area (Å²) in [4.78, 5) is 1.78. The lowest BCUT2D eigenvalue weighted by Crippen LogP contribution is -2.40. The van der Waals surface area contributed by atoms with Gasteiger partial charge in [-0.3, -0.25) is 4.90 Å². The molecule has 4 N–H and O–H groups in total. The molecular weight excluding hydrogens is 220 g/mol. The highest BCUT2D eigenvalue weighted by Gasteiger charge is 2.58. The van der Waals surface area contributed by atoms with E-state index in [2.05, 4.69) is 17.6 Å². The SMILES string of the molecule is ONCCCN1C(O)C2C3C=CC(C3)C2C1O. The van der Waals surface area contributed by atoms with E-state index in [1.165, 1.54) is 0 Å². The molecule has 0 spiro atoms. The minimum absolute atomic E-state index is 0.196. The van der Waals surface area contributed by atoms with Gasteiger partial charge in [-0.05, 0) is 24.7 Å². The van der Waals surface area contributed by atoms with Crippen molar-refractivity contribution in [3.63, 3.8) is 0 Å². The third-order valence-electron chi connectivity index (χ3n) is 4.66. The van der Waals surface area contributed by atoms with Gasteiger partial charge in [-0.25, -0.2) is 5.48 Å². The number of aliphatic hydroxyl groups is 2. The van der Waals surface area contributed by atoms with E-state index in [9.17, 15) is 10.2 Å². The first-order valence-corrected chi connectivity index (χ1v) is 6.41. The van der Waals surface area contributed by atoms with Gasteiger partial charge in [0.05, 0.1) is 0 Å². The molecule has 1 aliphatic heterocycles. The molecule has 6 atom stereocenters. The molecule has 1 saturated heterocycles. The maximum atomic E-state index is 10.3. The summed E-state index contributed by atoms with van der Waals surface area (Å²) in [5.41, 5.74) is 2.10. The van der Waals surface area contributed by atoms with Gasteiger partial charge < -0.3 is 15.4 Å². The number of aliphatic hydroxyl groups excluding tert-OH is 2. The van der Waals surface area contributed by atoms with Crippen LogP contribution in [0.4, 0.5) is 0 Å². The summed E-state index contributed by atoms with van der Waals surface area (Å²) in [5.74, 6) is 1.27. The Labute approximate surface area is 101 Å². The fourth-order valence-corrected chi connectivity index (χ4v) is 3.94. The molecule has 0 aromatic carbocycles. The van der Waals surface area contributed by atoms with Crippen molar-refractivity contribution in [3.05, 3.63) is 12.2 Å². The normalized spacial score (nSPS) is 47.9. The van der Waals surface area contributed by atoms with E-state index in [0.717, 1.165) is 6.42 Å². The Hall–Kier alpha value is -0.460. The fraction of sp³-hybridized carbons (Fsp3) is 0.833. The minimum Gasteiger partial charge on any atom is -0.378 e. The quantitative estimate of drug-likeness (QED) is 0.310. The standard InChI is InChI=1S/C12H20N2O3/c15-11-9-7-2-3-8(6-7)10(9)12(16)14(11)5-1-4-13-17/h2-3,7-13,15-17H,1,4-6H2. The predicted octanol–water partition coefficient (Wildman–Crippen LogP) is -0.254. The lowest BCUT2D eigenvalue weighted by atomic mass is 9.84. The number of fused-ring (bicyclic) bond motifs is 5. The predicted molar refractivity (Wildman–Crippen MR) is 60.8 cm³/mol. The molecule has 5 heteroatoms. The molecule has 0 aromatic heterocycles. The van der Waals surface area contributed by atoms with E-state index in [1.54, 1.807) is 4.90 Å². The van der Waals surface area contributed by atoms with Crippen molar-refractivity contribution in [2.45, 2.75) is 25.3 Å². The highest BCUT2D eigenvalue weighted by atomic mass is 16.5. The molecule has 0 radical (unpaired) electrons. The summed E-state index contributed by atoms with van der Waals surface area (Å²) >= 11 is 0. The van der Waals surface area contributed by atoms with Crippen LogP contribution in [-0.2, 0) is 0 Å².